The first kappa shape index (κ1) is 42.7. The molecule has 0 aromatic carbocycles. The molecule has 0 radical (unpaired) electrons. The van der Waals surface area contributed by atoms with Gasteiger partial charge in [0.15, 0.2) is 0 Å². The molecule has 18 heavy (non-hydrogen) atoms. The first-order chi connectivity index (χ1) is 6.27. The molecule has 0 aromatic rings. The molecule has 2 nitrogen and oxygen atoms in total. The summed E-state index contributed by atoms with van der Waals surface area (Å²) in [5, 5.41) is 0. The molecule has 0 fully saturated rings. The van der Waals surface area contributed by atoms with Crippen molar-refractivity contribution < 1.29 is 33.8 Å². The maximum absolute atomic E-state index is 3.00. The Bertz CT molecular complexity index is 130. The van der Waals surface area contributed by atoms with E-state index in [1.165, 1.54) is 13.2 Å². The second kappa shape index (κ2) is 23.8. The van der Waals surface area contributed by atoms with Crippen LogP contribution in [0.3, 0.4) is 0 Å². The van der Waals surface area contributed by atoms with Crippen LogP contribution in [0.25, 0.3) is 0 Å². The lowest BCUT2D eigenvalue weighted by molar-refractivity contribution is -1.06. The van der Waals surface area contributed by atoms with Crippen LogP contribution in [0.15, 0.2) is 13.2 Å². The lowest BCUT2D eigenvalue weighted by Gasteiger charge is -2.35. The predicted molar refractivity (Wildman–Crippen MR) is 98.3 cm³/mol. The zero-order chi connectivity index (χ0) is 12.4. The van der Waals surface area contributed by atoms with E-state index in [0.717, 1.165) is 8.97 Å². The first-order valence-electron chi connectivity index (χ1n) is 4.53. The molecular weight excluding hydrogens is 497 g/mol. The largest absolute Gasteiger partial charge is 1.00 e. The topological polar surface area (TPSA) is 0 Å². The van der Waals surface area contributed by atoms with Crippen molar-refractivity contribution in [2.45, 2.75) is 21.8 Å². The van der Waals surface area contributed by atoms with Crippen LogP contribution >= 0.6 is 37.2 Å². The number of hydrogen-bond acceptors (Lipinski definition) is 0. The molecule has 0 N–H and O–H groups in total. The van der Waals surface area contributed by atoms with Crippen molar-refractivity contribution in [3.05, 3.63) is 13.2 Å². The van der Waals surface area contributed by atoms with Gasteiger partial charge in [-0.15, -0.1) is 13.2 Å². The second-order valence-electron chi connectivity index (χ2n) is 4.68. The van der Waals surface area contributed by atoms with Gasteiger partial charge >= 0.3 is 0 Å². The molecule has 0 unspecified atom stereocenters. The van der Waals surface area contributed by atoms with Gasteiger partial charge < -0.3 is 24.8 Å². The SMILES string of the molecule is C.C.C=C.CC[N+](C)(C)C[N+](C)(C)C.II.[Cl-].[Cl-]. The molecule has 0 aromatic heterocycles. The predicted octanol–water partition coefficient (Wildman–Crippen LogP) is -1.40. The number of nitrogens with zero attached hydrogens (tertiary/aromatic N) is 2. The summed E-state index contributed by atoms with van der Waals surface area (Å²) in [6.07, 6.45) is 0. The van der Waals surface area contributed by atoms with Crippen LogP contribution in [0.4, 0.5) is 0 Å². The summed E-state index contributed by atoms with van der Waals surface area (Å²) in [6.45, 7) is 10.6. The minimum absolute atomic E-state index is 0. The van der Waals surface area contributed by atoms with Crippen LogP contribution < -0.4 is 24.8 Å². The Kier molecular flexibility index (Phi) is 56.4. The highest BCUT2D eigenvalue weighted by atomic mass is 128. The highest BCUT2D eigenvalue weighted by molar-refractivity contribution is 15.0. The Labute approximate surface area is 153 Å². The van der Waals surface area contributed by atoms with E-state index in [4.69, 9.17) is 0 Å². The average Bonchev–Trinajstić information content (AvgIpc) is 2.08. The van der Waals surface area contributed by atoms with Crippen molar-refractivity contribution in [3.8, 4) is 0 Å². The molecule has 0 atom stereocenters. The van der Waals surface area contributed by atoms with Crippen molar-refractivity contribution in [2.24, 2.45) is 0 Å². The highest BCUT2D eigenvalue weighted by Crippen LogP contribution is 2.01. The fraction of sp³-hybridized carbons (Fsp3) is 0.833. The third-order valence-corrected chi connectivity index (χ3v) is 1.66. The van der Waals surface area contributed by atoms with E-state index in [0.29, 0.717) is 0 Å². The Balaban J connectivity index is -0.0000000275. The summed E-state index contributed by atoms with van der Waals surface area (Å²) >= 11 is 4.24. The normalized spacial score (nSPS) is 8.22. The third-order valence-electron chi connectivity index (χ3n) is 1.66. The van der Waals surface area contributed by atoms with Gasteiger partial charge in [0, 0.05) is 37.2 Å². The molecule has 0 amide bonds. The fourth-order valence-corrected chi connectivity index (χ4v) is 1.25. The van der Waals surface area contributed by atoms with Crippen LogP contribution in [0, 0.1) is 0 Å². The molecule has 0 aliphatic rings. The highest BCUT2D eigenvalue weighted by Gasteiger charge is 2.20. The van der Waals surface area contributed by atoms with Gasteiger partial charge in [0.2, 0.25) is 6.67 Å². The average molecular weight is 531 g/mol. The van der Waals surface area contributed by atoms with Gasteiger partial charge in [0.05, 0.1) is 41.8 Å². The van der Waals surface area contributed by atoms with E-state index in [-0.39, 0.29) is 39.7 Å². The summed E-state index contributed by atoms with van der Waals surface area (Å²) in [7, 11) is 11.2. The van der Waals surface area contributed by atoms with Crippen molar-refractivity contribution in [1.29, 1.82) is 0 Å². The van der Waals surface area contributed by atoms with E-state index in [2.05, 4.69) is 92.6 Å². The molecule has 0 aliphatic heterocycles. The number of quaternary nitrogens is 2. The maximum atomic E-state index is 3.00. The molecule has 0 bridgehead atoms. The lowest BCUT2D eigenvalue weighted by Crippen LogP contribution is -3.00. The molecule has 0 spiro atoms. The Hall–Kier alpha value is 1.70. The van der Waals surface area contributed by atoms with Crippen molar-refractivity contribution in [3.63, 3.8) is 0 Å². The summed E-state index contributed by atoms with van der Waals surface area (Å²) in [4.78, 5) is 0. The monoisotopic (exact) mass is 530 g/mol. The Morgan fingerprint density at radius 3 is 1.11 bits per heavy atom. The molecule has 0 saturated carbocycles. The van der Waals surface area contributed by atoms with E-state index < -0.39 is 0 Å². The zero-order valence-electron chi connectivity index (χ0n) is 11.2. The van der Waals surface area contributed by atoms with Crippen molar-refractivity contribution in [2.75, 3.05) is 48.5 Å². The molecule has 0 rings (SSSR count). The minimum atomic E-state index is 0. The zero-order valence-corrected chi connectivity index (χ0v) is 17.1. The van der Waals surface area contributed by atoms with Gasteiger partial charge in [-0.1, -0.05) is 14.9 Å². The van der Waals surface area contributed by atoms with E-state index >= 15 is 0 Å². The standard InChI is InChI=1S/C8H22N2.C2H4.2CH4.2ClH.I2/c1-7-10(5,6)8-9(2,3)4;1-2;;;;;1-2/h7-8H2,1-6H3;1-2H2;2*1H4;2*1H;/q+2;;;;;;/p-2. The summed E-state index contributed by atoms with van der Waals surface area (Å²) in [6, 6.07) is 0. The van der Waals surface area contributed by atoms with Gasteiger partial charge in [-0.2, -0.15) is 0 Å². The quantitative estimate of drug-likeness (QED) is 0.182. The van der Waals surface area contributed by atoms with Gasteiger partial charge in [-0.05, 0) is 6.92 Å². The third kappa shape index (κ3) is 43.1. The van der Waals surface area contributed by atoms with E-state index in [1.807, 2.05) is 0 Å². The van der Waals surface area contributed by atoms with Gasteiger partial charge in [-0.3, -0.25) is 8.97 Å². The summed E-state index contributed by atoms with van der Waals surface area (Å²) in [5.74, 6) is 0. The van der Waals surface area contributed by atoms with Crippen molar-refractivity contribution in [1.82, 2.24) is 0 Å². The summed E-state index contributed by atoms with van der Waals surface area (Å²) in [5.41, 5.74) is 0. The smallest absolute Gasteiger partial charge is 0.206 e. The molecule has 6 heteroatoms. The van der Waals surface area contributed by atoms with E-state index in [1.54, 1.807) is 0 Å². The van der Waals surface area contributed by atoms with Crippen LogP contribution in [0.2, 0.25) is 0 Å². The number of rotatable bonds is 3. The molecule has 120 valence electrons. The molecule has 0 heterocycles. The fourth-order valence-electron chi connectivity index (χ4n) is 1.25. The Morgan fingerprint density at radius 1 is 0.833 bits per heavy atom. The van der Waals surface area contributed by atoms with E-state index in [9.17, 15) is 0 Å². The summed E-state index contributed by atoms with van der Waals surface area (Å²) < 4.78 is 2.14. The number of halogens is 4. The number of hydrogen-bond donors (Lipinski definition) is 0. The minimum Gasteiger partial charge on any atom is -1.00 e. The molecule has 0 aliphatic carbocycles. The van der Waals surface area contributed by atoms with Crippen LogP contribution in [0.5, 0.6) is 0 Å². The van der Waals surface area contributed by atoms with Crippen molar-refractivity contribution >= 4 is 37.2 Å². The first-order valence-corrected chi connectivity index (χ1v) is 10.8. The van der Waals surface area contributed by atoms with Crippen LogP contribution in [0.1, 0.15) is 21.8 Å². The van der Waals surface area contributed by atoms with Gasteiger partial charge in [-0.25, -0.2) is 0 Å². The maximum Gasteiger partial charge on any atom is 0.206 e. The van der Waals surface area contributed by atoms with Gasteiger partial charge in [0.1, 0.15) is 0 Å². The lowest BCUT2D eigenvalue weighted by atomic mass is 10.5. The van der Waals surface area contributed by atoms with Crippen LogP contribution in [-0.4, -0.2) is 57.4 Å². The molecule has 0 saturated heterocycles. The second-order valence-corrected chi connectivity index (χ2v) is 4.68. The van der Waals surface area contributed by atoms with Crippen LogP contribution in [-0.2, 0) is 0 Å². The molecular formula is C12H34Cl2I2N2. The Morgan fingerprint density at radius 2 is 1.06 bits per heavy atom. The van der Waals surface area contributed by atoms with Gasteiger partial charge in [0.25, 0.3) is 0 Å².